The molecule has 0 amide bonds. The van der Waals surface area contributed by atoms with Crippen LogP contribution in [0.3, 0.4) is 0 Å². The van der Waals surface area contributed by atoms with Gasteiger partial charge in [-0.25, -0.2) is 0 Å². The quantitative estimate of drug-likeness (QED) is 0.180. The van der Waals surface area contributed by atoms with Crippen molar-refractivity contribution >= 4 is 16.1 Å². The van der Waals surface area contributed by atoms with E-state index in [1.54, 1.807) is 0 Å². The normalized spacial score (nSPS) is 10.0. The fourth-order valence-electron chi connectivity index (χ4n) is 1.95. The first-order valence-corrected chi connectivity index (χ1v) is 9.24. The van der Waals surface area contributed by atoms with E-state index in [1.165, 1.54) is 38.5 Å². The molecular formula is C14H32K3NO4S. The molecule has 0 radical (unpaired) electrons. The fraction of sp³-hybridized carbons (Fsp3) is 0.929. The first-order valence-electron chi connectivity index (χ1n) is 7.67. The number of unbranched alkanes of at least 4 members (excludes halogenated alkanes) is 8. The molecule has 2 N–H and O–H groups in total. The first-order chi connectivity index (χ1) is 9.52. The van der Waals surface area contributed by atoms with E-state index >= 15 is 0 Å². The van der Waals surface area contributed by atoms with Gasteiger partial charge in [0, 0.05) is 13.0 Å². The van der Waals surface area contributed by atoms with Crippen LogP contribution in [0.1, 0.15) is 75.4 Å². The number of hydrogen-bond donors (Lipinski definition) is 1. The Labute approximate surface area is 274 Å². The second-order valence-corrected chi connectivity index (χ2v) is 6.77. The molecule has 0 heterocycles. The van der Waals surface area contributed by atoms with Gasteiger partial charge in [-0.1, -0.05) is 58.3 Å². The van der Waals surface area contributed by atoms with E-state index in [-0.39, 0.29) is 177 Å². The molecule has 0 saturated carbocycles. The predicted molar refractivity (Wildman–Crippen MR) is 84.1 cm³/mol. The minimum atomic E-state index is -3.77. The van der Waals surface area contributed by atoms with Gasteiger partial charge < -0.3 is 14.2 Å². The predicted octanol–water partition coefficient (Wildman–Crippen LogP) is -5.91. The Morgan fingerprint density at radius 1 is 0.913 bits per heavy atom. The molecule has 0 rings (SSSR count). The van der Waals surface area contributed by atoms with Crippen LogP contribution in [0.4, 0.5) is 0 Å². The van der Waals surface area contributed by atoms with Crippen LogP contribution in [0.2, 0.25) is 0 Å². The monoisotopic (exact) mass is 427 g/mol. The minimum absolute atomic E-state index is 0. The summed E-state index contributed by atoms with van der Waals surface area (Å²) in [6.45, 7) is 2.17. The zero-order valence-corrected chi connectivity index (χ0v) is 25.8. The van der Waals surface area contributed by atoms with Crippen LogP contribution in [-0.4, -0.2) is 26.7 Å². The standard InChI is InChI=1S/C14H29NO4S.3K.3H/c1-2-3-4-5-6-7-8-9-10-11-14(16)19-20(17,18)13-12-15;;;;;;/h2-13,15H2,1H3;;;;;;/q;3*+1;3*-1. The van der Waals surface area contributed by atoms with Crippen LogP contribution in [-0.2, 0) is 19.1 Å². The third-order valence-electron chi connectivity index (χ3n) is 3.07. The average molecular weight is 428 g/mol. The molecule has 0 atom stereocenters. The van der Waals surface area contributed by atoms with E-state index < -0.39 is 16.1 Å². The van der Waals surface area contributed by atoms with Gasteiger partial charge in [0.1, 0.15) is 0 Å². The van der Waals surface area contributed by atoms with Gasteiger partial charge >= 0.3 is 170 Å². The molecular weight excluding hydrogens is 396 g/mol. The van der Waals surface area contributed by atoms with Gasteiger partial charge in [0.2, 0.25) is 0 Å². The van der Waals surface area contributed by atoms with Crippen molar-refractivity contribution in [3.05, 3.63) is 0 Å². The summed E-state index contributed by atoms with van der Waals surface area (Å²) < 4.78 is 26.8. The Kier molecular flexibility index (Phi) is 36.8. The van der Waals surface area contributed by atoms with E-state index in [0.29, 0.717) is 6.42 Å². The van der Waals surface area contributed by atoms with Gasteiger partial charge in [0.05, 0.1) is 5.75 Å². The molecule has 126 valence electrons. The molecule has 0 saturated heterocycles. The minimum Gasteiger partial charge on any atom is -1.00 e. The van der Waals surface area contributed by atoms with E-state index in [9.17, 15) is 13.2 Å². The Morgan fingerprint density at radius 3 is 1.78 bits per heavy atom. The summed E-state index contributed by atoms with van der Waals surface area (Å²) in [7, 11) is -3.77. The zero-order valence-electron chi connectivity index (χ0n) is 18.6. The number of nitrogens with two attached hydrogens (primary N) is 1. The van der Waals surface area contributed by atoms with E-state index in [1.807, 2.05) is 0 Å². The summed E-state index contributed by atoms with van der Waals surface area (Å²) in [4.78, 5) is 11.3. The molecule has 5 nitrogen and oxygen atoms in total. The number of rotatable bonds is 13. The summed E-state index contributed by atoms with van der Waals surface area (Å²) in [6, 6.07) is 0. The van der Waals surface area contributed by atoms with Crippen LogP contribution < -0.4 is 160 Å². The van der Waals surface area contributed by atoms with Crippen molar-refractivity contribution in [3.63, 3.8) is 0 Å². The Bertz CT molecular complexity index is 367. The van der Waals surface area contributed by atoms with Crippen molar-refractivity contribution in [2.24, 2.45) is 5.73 Å². The SMILES string of the molecule is CCCCCCCCCCCC(=O)OS(=O)(=O)CCN.[H-].[H-].[H-].[K+].[K+].[K+]. The Morgan fingerprint density at radius 2 is 1.35 bits per heavy atom. The summed E-state index contributed by atoms with van der Waals surface area (Å²) in [6.07, 6.45) is 10.5. The van der Waals surface area contributed by atoms with Crippen LogP contribution in [0.5, 0.6) is 0 Å². The van der Waals surface area contributed by atoms with Gasteiger partial charge in [0.25, 0.3) is 0 Å². The smallest absolute Gasteiger partial charge is 1.00 e. The molecule has 0 unspecified atom stereocenters. The summed E-state index contributed by atoms with van der Waals surface area (Å²) >= 11 is 0. The fourth-order valence-corrected chi connectivity index (χ4v) is 2.69. The molecule has 9 heteroatoms. The third kappa shape index (κ3) is 26.3. The van der Waals surface area contributed by atoms with Crippen molar-refractivity contribution < 1.29 is 176 Å². The van der Waals surface area contributed by atoms with Gasteiger partial charge in [-0.2, -0.15) is 8.42 Å². The van der Waals surface area contributed by atoms with Gasteiger partial charge in [0.15, 0.2) is 0 Å². The van der Waals surface area contributed by atoms with Crippen molar-refractivity contribution in [1.82, 2.24) is 0 Å². The zero-order chi connectivity index (χ0) is 15.3. The van der Waals surface area contributed by atoms with Crippen LogP contribution in [0.15, 0.2) is 0 Å². The summed E-state index contributed by atoms with van der Waals surface area (Å²) in [5, 5.41) is 0. The van der Waals surface area contributed by atoms with Gasteiger partial charge in [-0.3, -0.25) is 4.79 Å². The average Bonchev–Trinajstić information content (AvgIpc) is 2.36. The Balaban J connectivity index is -0.000000120. The van der Waals surface area contributed by atoms with Crippen molar-refractivity contribution in [2.45, 2.75) is 71.1 Å². The van der Waals surface area contributed by atoms with Crippen molar-refractivity contribution in [3.8, 4) is 0 Å². The number of hydrogen-bond acceptors (Lipinski definition) is 5. The molecule has 0 aliphatic rings. The number of carbonyl (C=O) groups excluding carboxylic acids is 1. The van der Waals surface area contributed by atoms with Crippen molar-refractivity contribution in [2.75, 3.05) is 12.3 Å². The molecule has 0 aliphatic carbocycles. The van der Waals surface area contributed by atoms with Gasteiger partial charge in [-0.05, 0) is 6.42 Å². The molecule has 23 heavy (non-hydrogen) atoms. The van der Waals surface area contributed by atoms with Crippen molar-refractivity contribution in [1.29, 1.82) is 0 Å². The van der Waals surface area contributed by atoms with Crippen LogP contribution in [0, 0.1) is 0 Å². The first kappa shape index (κ1) is 34.8. The molecule has 0 bridgehead atoms. The molecule has 0 aliphatic heterocycles. The topological polar surface area (TPSA) is 86.5 Å². The van der Waals surface area contributed by atoms with E-state index in [4.69, 9.17) is 5.73 Å². The summed E-state index contributed by atoms with van der Waals surface area (Å²) in [5.41, 5.74) is 5.12. The van der Waals surface area contributed by atoms with E-state index in [2.05, 4.69) is 11.1 Å². The van der Waals surface area contributed by atoms with Crippen LogP contribution >= 0.6 is 0 Å². The third-order valence-corrected chi connectivity index (χ3v) is 4.25. The number of carbonyl (C=O) groups is 1. The molecule has 0 fully saturated rings. The van der Waals surface area contributed by atoms with Gasteiger partial charge in [-0.15, -0.1) is 0 Å². The summed E-state index contributed by atoms with van der Waals surface area (Å²) in [5.74, 6) is -0.974. The maximum absolute atomic E-state index is 11.3. The molecule has 0 spiro atoms. The second kappa shape index (κ2) is 24.3. The molecule has 0 aromatic carbocycles. The maximum Gasteiger partial charge on any atom is 1.00 e. The largest absolute Gasteiger partial charge is 1.00 e. The maximum atomic E-state index is 11.3. The molecule has 0 aromatic rings. The van der Waals surface area contributed by atoms with E-state index in [0.717, 1.165) is 12.8 Å². The second-order valence-electron chi connectivity index (χ2n) is 5.08. The Hall–Kier alpha value is 4.29. The van der Waals surface area contributed by atoms with Crippen LogP contribution in [0.25, 0.3) is 0 Å². The molecule has 0 aromatic heterocycles.